The van der Waals surface area contributed by atoms with Crippen LogP contribution in [0.3, 0.4) is 0 Å². The third kappa shape index (κ3) is 3.42. The van der Waals surface area contributed by atoms with E-state index in [-0.39, 0.29) is 11.8 Å². The van der Waals surface area contributed by atoms with E-state index < -0.39 is 0 Å². The van der Waals surface area contributed by atoms with Crippen molar-refractivity contribution >= 4 is 22.7 Å². The van der Waals surface area contributed by atoms with Crippen LogP contribution in [-0.4, -0.2) is 41.3 Å². The molecule has 0 unspecified atom stereocenters. The van der Waals surface area contributed by atoms with Gasteiger partial charge in [-0.2, -0.15) is 0 Å². The van der Waals surface area contributed by atoms with Gasteiger partial charge in [0, 0.05) is 31.7 Å². The van der Waals surface area contributed by atoms with Crippen LogP contribution in [0.5, 0.6) is 0 Å². The van der Waals surface area contributed by atoms with E-state index in [0.29, 0.717) is 19.6 Å². The predicted octanol–water partition coefficient (Wildman–Crippen LogP) is 1.13. The van der Waals surface area contributed by atoms with E-state index in [1.165, 1.54) is 22.7 Å². The van der Waals surface area contributed by atoms with Gasteiger partial charge in [0.05, 0.1) is 6.54 Å². The Morgan fingerprint density at radius 2 is 2.05 bits per heavy atom. The molecule has 0 bridgehead atoms. The summed E-state index contributed by atoms with van der Waals surface area (Å²) in [4.78, 5) is 25.9. The van der Waals surface area contributed by atoms with Crippen molar-refractivity contribution in [2.75, 3.05) is 19.6 Å². The number of H-pyrrole nitrogens is 1. The van der Waals surface area contributed by atoms with Crippen LogP contribution in [0.2, 0.25) is 0 Å². The minimum atomic E-state index is -0.161. The lowest BCUT2D eigenvalue weighted by molar-refractivity contribution is -0.144. The summed E-state index contributed by atoms with van der Waals surface area (Å²) in [6.45, 7) is 2.92. The van der Waals surface area contributed by atoms with Crippen molar-refractivity contribution in [2.45, 2.75) is 6.92 Å². The van der Waals surface area contributed by atoms with Crippen molar-refractivity contribution in [2.24, 2.45) is 0 Å². The molecule has 2 heterocycles. The number of hydrogen-bond acceptors (Lipinski definition) is 3. The Kier molecular flexibility index (Phi) is 4.30. The number of hydrogen-bond donors (Lipinski definition) is 2. The van der Waals surface area contributed by atoms with Crippen molar-refractivity contribution < 1.29 is 9.59 Å². The highest BCUT2D eigenvalue weighted by molar-refractivity contribution is 5.95. The van der Waals surface area contributed by atoms with E-state index in [1.807, 2.05) is 18.3 Å². The van der Waals surface area contributed by atoms with Gasteiger partial charge in [0.15, 0.2) is 0 Å². The molecular formula is C14H17N3O2. The monoisotopic (exact) mass is 259 g/mol. The van der Waals surface area contributed by atoms with Gasteiger partial charge in [0.25, 0.3) is 0 Å². The average molecular weight is 259 g/mol. The Balaban J connectivity index is 0.000000141. The van der Waals surface area contributed by atoms with E-state index in [0.717, 1.165) is 0 Å². The second-order valence-electron chi connectivity index (χ2n) is 4.31. The highest BCUT2D eigenvalue weighted by Gasteiger charge is 2.20. The largest absolute Gasteiger partial charge is 0.361 e. The lowest BCUT2D eigenvalue weighted by Gasteiger charge is -2.23. The Morgan fingerprint density at radius 3 is 2.68 bits per heavy atom. The second kappa shape index (κ2) is 6.15. The zero-order valence-electron chi connectivity index (χ0n) is 10.8. The minimum Gasteiger partial charge on any atom is -0.361 e. The van der Waals surface area contributed by atoms with Crippen LogP contribution < -0.4 is 5.32 Å². The van der Waals surface area contributed by atoms with Crippen LogP contribution >= 0.6 is 0 Å². The van der Waals surface area contributed by atoms with Gasteiger partial charge in [-0.1, -0.05) is 18.2 Å². The molecule has 2 amide bonds. The van der Waals surface area contributed by atoms with Crippen LogP contribution in [0, 0.1) is 0 Å². The number of nitrogens with one attached hydrogen (secondary N) is 2. The molecule has 0 radical (unpaired) electrons. The molecule has 0 atom stereocenters. The fraction of sp³-hybridized carbons (Fsp3) is 0.286. The molecule has 1 saturated heterocycles. The fourth-order valence-corrected chi connectivity index (χ4v) is 1.93. The summed E-state index contributed by atoms with van der Waals surface area (Å²) in [6, 6.07) is 10.3. The summed E-state index contributed by atoms with van der Waals surface area (Å²) in [5.74, 6) is -0.287. The van der Waals surface area contributed by atoms with Crippen molar-refractivity contribution in [1.29, 1.82) is 0 Å². The molecule has 1 aliphatic heterocycles. The number of aromatic amines is 1. The number of carbonyl (C=O) groups is 2. The maximum atomic E-state index is 10.9. The number of nitrogens with zero attached hydrogens (tertiary/aromatic N) is 1. The lowest BCUT2D eigenvalue weighted by atomic mass is 10.3. The molecule has 100 valence electrons. The third-order valence-corrected chi connectivity index (χ3v) is 2.93. The van der Waals surface area contributed by atoms with E-state index >= 15 is 0 Å². The number of fused-ring (bicyclic) bond motifs is 1. The molecule has 0 saturated carbocycles. The first-order chi connectivity index (χ1) is 9.18. The van der Waals surface area contributed by atoms with Crippen molar-refractivity contribution in [3.8, 4) is 0 Å². The highest BCUT2D eigenvalue weighted by atomic mass is 16.2. The predicted molar refractivity (Wildman–Crippen MR) is 73.6 cm³/mol. The Hall–Kier alpha value is -2.14. The van der Waals surface area contributed by atoms with Crippen molar-refractivity contribution in [3.05, 3.63) is 36.5 Å². The van der Waals surface area contributed by atoms with Gasteiger partial charge in [0.1, 0.15) is 0 Å². The number of rotatable bonds is 0. The molecule has 2 aromatic rings. The quantitative estimate of drug-likeness (QED) is 0.745. The SMILES string of the molecule is CC(=O)N1CCNCC1=O.c1ccc2[nH]ccc2c1. The van der Waals surface area contributed by atoms with Gasteiger partial charge in [-0.15, -0.1) is 0 Å². The molecule has 0 spiro atoms. The molecule has 1 fully saturated rings. The summed E-state index contributed by atoms with van der Waals surface area (Å²) >= 11 is 0. The molecule has 3 rings (SSSR count). The minimum absolute atomic E-state index is 0.126. The van der Waals surface area contributed by atoms with E-state index in [9.17, 15) is 9.59 Å². The van der Waals surface area contributed by atoms with Crippen molar-refractivity contribution in [3.63, 3.8) is 0 Å². The van der Waals surface area contributed by atoms with Crippen molar-refractivity contribution in [1.82, 2.24) is 15.2 Å². The number of para-hydroxylation sites is 1. The van der Waals surface area contributed by atoms with Gasteiger partial charge in [-0.25, -0.2) is 0 Å². The molecule has 5 heteroatoms. The van der Waals surface area contributed by atoms with Gasteiger partial charge >= 0.3 is 0 Å². The first kappa shape index (κ1) is 13.3. The summed E-state index contributed by atoms with van der Waals surface area (Å²) in [5.41, 5.74) is 1.21. The van der Waals surface area contributed by atoms with Gasteiger partial charge in [-0.05, 0) is 17.5 Å². The zero-order chi connectivity index (χ0) is 13.7. The van der Waals surface area contributed by atoms with Crippen LogP contribution in [0.1, 0.15) is 6.92 Å². The molecule has 1 aromatic carbocycles. The topological polar surface area (TPSA) is 65.2 Å². The van der Waals surface area contributed by atoms with Crippen LogP contribution in [0.4, 0.5) is 0 Å². The number of amides is 2. The standard InChI is InChI=1S/C8H7N.C6H10N2O2/c1-2-4-8-7(3-1)5-6-9-8;1-5(9)8-3-2-7-4-6(8)10/h1-6,9H;7H,2-4H2,1H3. The molecule has 1 aromatic heterocycles. The normalized spacial score (nSPS) is 15.0. The van der Waals surface area contributed by atoms with E-state index in [4.69, 9.17) is 0 Å². The van der Waals surface area contributed by atoms with Crippen LogP contribution in [-0.2, 0) is 9.59 Å². The number of benzene rings is 1. The summed E-state index contributed by atoms with van der Waals surface area (Å²) in [6.07, 6.45) is 1.95. The van der Waals surface area contributed by atoms with Crippen LogP contribution in [0.15, 0.2) is 36.5 Å². The first-order valence-electron chi connectivity index (χ1n) is 6.22. The Morgan fingerprint density at radius 1 is 1.26 bits per heavy atom. The van der Waals surface area contributed by atoms with Crippen LogP contribution in [0.25, 0.3) is 10.9 Å². The summed E-state index contributed by atoms with van der Waals surface area (Å²) in [5, 5.41) is 4.15. The molecule has 0 aliphatic carbocycles. The molecule has 2 N–H and O–H groups in total. The highest BCUT2D eigenvalue weighted by Crippen LogP contribution is 2.09. The van der Waals surface area contributed by atoms with E-state index in [2.05, 4.69) is 28.5 Å². The molecule has 1 aliphatic rings. The van der Waals surface area contributed by atoms with Gasteiger partial charge < -0.3 is 10.3 Å². The number of piperazine rings is 1. The molecule has 19 heavy (non-hydrogen) atoms. The average Bonchev–Trinajstić information content (AvgIpc) is 2.88. The Labute approximate surface area is 111 Å². The molecule has 5 nitrogen and oxygen atoms in total. The third-order valence-electron chi connectivity index (χ3n) is 2.93. The number of imide groups is 1. The number of aromatic nitrogens is 1. The maximum Gasteiger partial charge on any atom is 0.243 e. The van der Waals surface area contributed by atoms with Gasteiger partial charge in [-0.3, -0.25) is 14.5 Å². The maximum absolute atomic E-state index is 10.9. The summed E-state index contributed by atoms with van der Waals surface area (Å²) < 4.78 is 0. The zero-order valence-corrected chi connectivity index (χ0v) is 10.8. The fourth-order valence-electron chi connectivity index (χ4n) is 1.93. The lowest BCUT2D eigenvalue weighted by Crippen LogP contribution is -2.49. The van der Waals surface area contributed by atoms with E-state index in [1.54, 1.807) is 0 Å². The van der Waals surface area contributed by atoms with Gasteiger partial charge in [0.2, 0.25) is 11.8 Å². The second-order valence-corrected chi connectivity index (χ2v) is 4.31. The Bertz CT molecular complexity index is 547. The smallest absolute Gasteiger partial charge is 0.243 e. The first-order valence-corrected chi connectivity index (χ1v) is 6.22. The molecular weight excluding hydrogens is 242 g/mol. The summed E-state index contributed by atoms with van der Waals surface area (Å²) in [7, 11) is 0. The number of carbonyl (C=O) groups excluding carboxylic acids is 2.